The summed E-state index contributed by atoms with van der Waals surface area (Å²) in [5, 5.41) is 3.14. The van der Waals surface area contributed by atoms with Gasteiger partial charge in [-0.25, -0.2) is 4.98 Å². The largest absolute Gasteiger partial charge is 0.396 e. The maximum absolute atomic E-state index is 11.0. The SMILES string of the molecule is NC(=O)c1ccc(N)c(NC2CCOC2)n1. The lowest BCUT2D eigenvalue weighted by atomic mass is 10.2. The topological polar surface area (TPSA) is 103 Å². The van der Waals surface area contributed by atoms with E-state index in [2.05, 4.69) is 10.3 Å². The Morgan fingerprint density at radius 3 is 3.00 bits per heavy atom. The van der Waals surface area contributed by atoms with Crippen LogP contribution in [0.3, 0.4) is 0 Å². The number of hydrogen-bond donors (Lipinski definition) is 3. The van der Waals surface area contributed by atoms with E-state index >= 15 is 0 Å². The molecule has 0 saturated carbocycles. The van der Waals surface area contributed by atoms with Gasteiger partial charge in [-0.15, -0.1) is 0 Å². The molecule has 5 N–H and O–H groups in total. The van der Waals surface area contributed by atoms with Gasteiger partial charge in [-0.1, -0.05) is 0 Å². The third kappa shape index (κ3) is 2.22. The van der Waals surface area contributed by atoms with Crippen molar-refractivity contribution in [3.63, 3.8) is 0 Å². The molecule has 1 amide bonds. The summed E-state index contributed by atoms with van der Waals surface area (Å²) in [6.45, 7) is 1.36. The number of primary amides is 1. The molecule has 86 valence electrons. The summed E-state index contributed by atoms with van der Waals surface area (Å²) in [5.41, 5.74) is 11.6. The zero-order valence-electron chi connectivity index (χ0n) is 8.77. The van der Waals surface area contributed by atoms with Crippen molar-refractivity contribution in [3.8, 4) is 0 Å². The van der Waals surface area contributed by atoms with Crippen LogP contribution in [0.2, 0.25) is 0 Å². The average Bonchev–Trinajstić information content (AvgIpc) is 2.73. The number of pyridine rings is 1. The van der Waals surface area contributed by atoms with Gasteiger partial charge in [-0.2, -0.15) is 0 Å². The molecule has 0 aromatic carbocycles. The number of nitrogen functional groups attached to an aromatic ring is 1. The Labute approximate surface area is 93.0 Å². The van der Waals surface area contributed by atoms with Crippen molar-refractivity contribution >= 4 is 17.4 Å². The van der Waals surface area contributed by atoms with E-state index in [0.717, 1.165) is 13.0 Å². The molecule has 0 radical (unpaired) electrons. The highest BCUT2D eigenvalue weighted by molar-refractivity contribution is 5.91. The number of nitrogens with one attached hydrogen (secondary N) is 1. The van der Waals surface area contributed by atoms with E-state index in [0.29, 0.717) is 18.1 Å². The van der Waals surface area contributed by atoms with Crippen LogP contribution in [0, 0.1) is 0 Å². The van der Waals surface area contributed by atoms with Gasteiger partial charge in [-0.3, -0.25) is 4.79 Å². The molecular weight excluding hydrogens is 208 g/mol. The fourth-order valence-corrected chi connectivity index (χ4v) is 1.56. The van der Waals surface area contributed by atoms with Gasteiger partial charge < -0.3 is 21.5 Å². The van der Waals surface area contributed by atoms with Gasteiger partial charge in [0.25, 0.3) is 5.91 Å². The predicted octanol–water partition coefficient (Wildman–Crippen LogP) is -0.0365. The normalized spacial score (nSPS) is 19.6. The number of nitrogens with two attached hydrogens (primary N) is 2. The number of ether oxygens (including phenoxy) is 1. The van der Waals surface area contributed by atoms with Gasteiger partial charge in [0.1, 0.15) is 11.5 Å². The van der Waals surface area contributed by atoms with Crippen molar-refractivity contribution < 1.29 is 9.53 Å². The van der Waals surface area contributed by atoms with E-state index < -0.39 is 5.91 Å². The number of amides is 1. The summed E-state index contributed by atoms with van der Waals surface area (Å²) in [6.07, 6.45) is 0.905. The smallest absolute Gasteiger partial charge is 0.267 e. The summed E-state index contributed by atoms with van der Waals surface area (Å²) in [4.78, 5) is 15.0. The number of hydrogen-bond acceptors (Lipinski definition) is 5. The lowest BCUT2D eigenvalue weighted by Crippen LogP contribution is -2.22. The number of aromatic nitrogens is 1. The van der Waals surface area contributed by atoms with Crippen molar-refractivity contribution in [2.24, 2.45) is 5.73 Å². The molecule has 1 fully saturated rings. The number of anilines is 2. The Kier molecular flexibility index (Phi) is 2.91. The summed E-state index contributed by atoms with van der Waals surface area (Å²) in [6, 6.07) is 3.32. The van der Waals surface area contributed by atoms with Gasteiger partial charge in [0, 0.05) is 6.61 Å². The Hall–Kier alpha value is -1.82. The molecule has 0 spiro atoms. The molecule has 6 nitrogen and oxygen atoms in total. The first-order valence-corrected chi connectivity index (χ1v) is 5.07. The first-order chi connectivity index (χ1) is 7.66. The quantitative estimate of drug-likeness (QED) is 0.666. The number of carbonyl (C=O) groups is 1. The van der Waals surface area contributed by atoms with Gasteiger partial charge in [0.05, 0.1) is 18.3 Å². The minimum Gasteiger partial charge on any atom is -0.396 e. The maximum Gasteiger partial charge on any atom is 0.267 e. The molecule has 2 rings (SSSR count). The number of nitrogens with zero attached hydrogens (tertiary/aromatic N) is 1. The van der Waals surface area contributed by atoms with Crippen molar-refractivity contribution in [2.45, 2.75) is 12.5 Å². The number of carbonyl (C=O) groups excluding carboxylic acids is 1. The van der Waals surface area contributed by atoms with Gasteiger partial charge in [0.15, 0.2) is 0 Å². The molecule has 1 aromatic rings. The predicted molar refractivity (Wildman–Crippen MR) is 60.0 cm³/mol. The minimum atomic E-state index is -0.564. The van der Waals surface area contributed by atoms with Crippen LogP contribution in [0.4, 0.5) is 11.5 Å². The summed E-state index contributed by atoms with van der Waals surface area (Å²) in [7, 11) is 0. The second-order valence-corrected chi connectivity index (χ2v) is 3.70. The third-order valence-electron chi connectivity index (χ3n) is 2.45. The van der Waals surface area contributed by atoms with Crippen LogP contribution in [-0.2, 0) is 4.74 Å². The zero-order chi connectivity index (χ0) is 11.5. The van der Waals surface area contributed by atoms with E-state index in [1.165, 1.54) is 6.07 Å². The van der Waals surface area contributed by atoms with Crippen LogP contribution in [-0.4, -0.2) is 30.1 Å². The number of rotatable bonds is 3. The van der Waals surface area contributed by atoms with Crippen molar-refractivity contribution in [2.75, 3.05) is 24.3 Å². The lowest BCUT2D eigenvalue weighted by Gasteiger charge is -2.13. The Morgan fingerprint density at radius 2 is 2.38 bits per heavy atom. The van der Waals surface area contributed by atoms with E-state index in [9.17, 15) is 4.79 Å². The van der Waals surface area contributed by atoms with Crippen LogP contribution >= 0.6 is 0 Å². The highest BCUT2D eigenvalue weighted by Gasteiger charge is 2.17. The lowest BCUT2D eigenvalue weighted by molar-refractivity contribution is 0.0996. The Bertz CT molecular complexity index is 402. The molecule has 1 atom stereocenters. The molecule has 1 aromatic heterocycles. The highest BCUT2D eigenvalue weighted by Crippen LogP contribution is 2.19. The molecule has 1 unspecified atom stereocenters. The fraction of sp³-hybridized carbons (Fsp3) is 0.400. The second kappa shape index (κ2) is 4.36. The van der Waals surface area contributed by atoms with Crippen LogP contribution in [0.25, 0.3) is 0 Å². The molecule has 16 heavy (non-hydrogen) atoms. The monoisotopic (exact) mass is 222 g/mol. The molecule has 2 heterocycles. The van der Waals surface area contributed by atoms with Crippen molar-refractivity contribution in [1.82, 2.24) is 4.98 Å². The van der Waals surface area contributed by atoms with Crippen molar-refractivity contribution in [3.05, 3.63) is 17.8 Å². The summed E-state index contributed by atoms with van der Waals surface area (Å²) in [5.74, 6) is -0.0717. The first kappa shape index (κ1) is 10.7. The average molecular weight is 222 g/mol. The third-order valence-corrected chi connectivity index (χ3v) is 2.45. The molecular formula is C10H14N4O2. The van der Waals surface area contributed by atoms with Gasteiger partial charge in [-0.05, 0) is 18.6 Å². The zero-order valence-corrected chi connectivity index (χ0v) is 8.77. The standard InChI is InChI=1S/C10H14N4O2/c11-7-1-2-8(9(12)15)14-10(7)13-6-3-4-16-5-6/h1-2,6H,3-5,11H2,(H2,12,15)(H,13,14). The second-order valence-electron chi connectivity index (χ2n) is 3.70. The Balaban J connectivity index is 2.17. The van der Waals surface area contributed by atoms with Crippen LogP contribution in [0.15, 0.2) is 12.1 Å². The highest BCUT2D eigenvalue weighted by atomic mass is 16.5. The van der Waals surface area contributed by atoms with Crippen LogP contribution in [0.5, 0.6) is 0 Å². The molecule has 6 heteroatoms. The maximum atomic E-state index is 11.0. The summed E-state index contributed by atoms with van der Waals surface area (Å²) < 4.78 is 5.22. The van der Waals surface area contributed by atoms with E-state index in [1.807, 2.05) is 0 Å². The Morgan fingerprint density at radius 1 is 1.56 bits per heavy atom. The van der Waals surface area contributed by atoms with E-state index in [4.69, 9.17) is 16.2 Å². The molecule has 1 aliphatic heterocycles. The van der Waals surface area contributed by atoms with E-state index in [-0.39, 0.29) is 11.7 Å². The first-order valence-electron chi connectivity index (χ1n) is 5.07. The van der Waals surface area contributed by atoms with Crippen LogP contribution < -0.4 is 16.8 Å². The molecule has 0 aliphatic carbocycles. The van der Waals surface area contributed by atoms with Crippen molar-refractivity contribution in [1.29, 1.82) is 0 Å². The molecule has 1 saturated heterocycles. The van der Waals surface area contributed by atoms with E-state index in [1.54, 1.807) is 6.07 Å². The van der Waals surface area contributed by atoms with Gasteiger partial charge in [0.2, 0.25) is 0 Å². The summed E-state index contributed by atoms with van der Waals surface area (Å²) >= 11 is 0. The van der Waals surface area contributed by atoms with Crippen LogP contribution in [0.1, 0.15) is 16.9 Å². The van der Waals surface area contributed by atoms with Gasteiger partial charge >= 0.3 is 0 Å². The molecule has 1 aliphatic rings. The fourth-order valence-electron chi connectivity index (χ4n) is 1.56. The molecule has 0 bridgehead atoms. The minimum absolute atomic E-state index is 0.193.